The minimum Gasteiger partial charge on any atom is -0.330 e. The molecule has 0 unspecified atom stereocenters. The topological polar surface area (TPSA) is 113 Å². The van der Waals surface area contributed by atoms with Crippen LogP contribution in [0, 0.1) is 5.82 Å². The Labute approximate surface area is 188 Å². The average molecular weight is 476 g/mol. The highest BCUT2D eigenvalue weighted by molar-refractivity contribution is 6.07. The summed E-state index contributed by atoms with van der Waals surface area (Å²) in [7, 11) is 0. The normalized spacial score (nSPS) is 17.2. The fraction of sp³-hybridized carbons (Fsp3) is 0.182. The summed E-state index contributed by atoms with van der Waals surface area (Å²) >= 11 is 0. The number of benzene rings is 2. The number of carbonyl (C=O) groups is 2. The van der Waals surface area contributed by atoms with Gasteiger partial charge in [-0.2, -0.15) is 13.2 Å². The Morgan fingerprint density at radius 2 is 1.65 bits per heavy atom. The highest BCUT2D eigenvalue weighted by atomic mass is 19.4. The molecule has 1 aromatic heterocycles. The monoisotopic (exact) mass is 476 g/mol. The summed E-state index contributed by atoms with van der Waals surface area (Å²) in [5.41, 5.74) is -7.03. The largest absolute Gasteiger partial charge is 0.425 e. The summed E-state index contributed by atoms with van der Waals surface area (Å²) in [6, 6.07) is 12.5. The summed E-state index contributed by atoms with van der Waals surface area (Å²) in [5, 5.41) is 3.60. The molecule has 176 valence electrons. The van der Waals surface area contributed by atoms with E-state index >= 15 is 0 Å². The Kier molecular flexibility index (Phi) is 5.59. The Morgan fingerprint density at radius 1 is 1.00 bits per heavy atom. The molecule has 3 N–H and O–H groups in total. The number of aromatic nitrogens is 2. The summed E-state index contributed by atoms with van der Waals surface area (Å²) < 4.78 is 57.0. The molecule has 0 bridgehead atoms. The van der Waals surface area contributed by atoms with E-state index in [1.54, 1.807) is 40.6 Å². The smallest absolute Gasteiger partial charge is 0.330 e. The van der Waals surface area contributed by atoms with Gasteiger partial charge in [-0.1, -0.05) is 30.3 Å². The SMILES string of the molecule is O=C(CCc1ccccc1)N[C@@]1(C(F)(F)F)C(=O)Nc2c1c(=O)[nH]c(=O)n2-c1ccc(F)cc1. The van der Waals surface area contributed by atoms with Crippen molar-refractivity contribution in [3.05, 3.63) is 92.4 Å². The summed E-state index contributed by atoms with van der Waals surface area (Å²) in [5.74, 6) is -4.35. The number of hydrogen-bond donors (Lipinski definition) is 3. The molecular formula is C22H16F4N4O4. The molecule has 2 amide bonds. The van der Waals surface area contributed by atoms with Gasteiger partial charge in [-0.05, 0) is 36.2 Å². The second kappa shape index (κ2) is 8.28. The Hall–Kier alpha value is -4.22. The third-order valence-corrected chi connectivity index (χ3v) is 5.38. The van der Waals surface area contributed by atoms with E-state index in [9.17, 15) is 36.7 Å². The molecule has 3 aromatic rings. The molecule has 0 fully saturated rings. The zero-order valence-electron chi connectivity index (χ0n) is 17.2. The van der Waals surface area contributed by atoms with E-state index in [1.807, 2.05) is 5.32 Å². The fourth-order valence-electron chi connectivity index (χ4n) is 3.79. The molecule has 0 spiro atoms. The van der Waals surface area contributed by atoms with Gasteiger partial charge < -0.3 is 10.6 Å². The minimum absolute atomic E-state index is 0.0839. The number of carbonyl (C=O) groups excluding carboxylic acids is 2. The summed E-state index contributed by atoms with van der Waals surface area (Å²) in [4.78, 5) is 52.0. The van der Waals surface area contributed by atoms with Crippen molar-refractivity contribution in [2.75, 3.05) is 5.32 Å². The molecule has 2 heterocycles. The van der Waals surface area contributed by atoms with E-state index in [0.29, 0.717) is 10.1 Å². The first kappa shape index (κ1) is 23.0. The maximum absolute atomic E-state index is 14.4. The van der Waals surface area contributed by atoms with Gasteiger partial charge in [-0.15, -0.1) is 0 Å². The van der Waals surface area contributed by atoms with E-state index in [1.165, 1.54) is 0 Å². The Morgan fingerprint density at radius 3 is 2.26 bits per heavy atom. The number of rotatable bonds is 5. The number of amides is 2. The quantitative estimate of drug-likeness (QED) is 0.490. The van der Waals surface area contributed by atoms with Crippen molar-refractivity contribution in [3.8, 4) is 5.69 Å². The van der Waals surface area contributed by atoms with Crippen LogP contribution in [0.4, 0.5) is 23.4 Å². The molecule has 0 saturated heterocycles. The van der Waals surface area contributed by atoms with Crippen LogP contribution in [0.3, 0.4) is 0 Å². The lowest BCUT2D eigenvalue weighted by atomic mass is 9.91. The van der Waals surface area contributed by atoms with Gasteiger partial charge in [-0.25, -0.2) is 13.8 Å². The van der Waals surface area contributed by atoms with Crippen molar-refractivity contribution < 1.29 is 27.2 Å². The van der Waals surface area contributed by atoms with Crippen molar-refractivity contribution in [3.63, 3.8) is 0 Å². The number of anilines is 1. The van der Waals surface area contributed by atoms with E-state index < -0.39 is 58.4 Å². The molecule has 4 rings (SSSR count). The van der Waals surface area contributed by atoms with E-state index in [-0.39, 0.29) is 12.1 Å². The molecule has 1 aliphatic heterocycles. The van der Waals surface area contributed by atoms with Crippen LogP contribution in [0.15, 0.2) is 64.2 Å². The van der Waals surface area contributed by atoms with Crippen LogP contribution in [0.25, 0.3) is 5.69 Å². The van der Waals surface area contributed by atoms with Crippen LogP contribution >= 0.6 is 0 Å². The number of halogens is 4. The number of hydrogen-bond acceptors (Lipinski definition) is 4. The van der Waals surface area contributed by atoms with Gasteiger partial charge in [0.25, 0.3) is 11.5 Å². The van der Waals surface area contributed by atoms with Gasteiger partial charge >= 0.3 is 11.9 Å². The number of H-pyrrole nitrogens is 1. The number of nitrogens with one attached hydrogen (secondary N) is 3. The summed E-state index contributed by atoms with van der Waals surface area (Å²) in [6.45, 7) is 0. The highest BCUT2D eigenvalue weighted by Crippen LogP contribution is 2.45. The fourth-order valence-corrected chi connectivity index (χ4v) is 3.79. The van der Waals surface area contributed by atoms with Crippen molar-refractivity contribution in [2.24, 2.45) is 0 Å². The van der Waals surface area contributed by atoms with Gasteiger partial charge in [-0.3, -0.25) is 19.4 Å². The zero-order valence-corrected chi connectivity index (χ0v) is 17.2. The maximum atomic E-state index is 14.4. The summed E-state index contributed by atoms with van der Waals surface area (Å²) in [6.07, 6.45) is -5.76. The number of nitrogens with zero attached hydrogens (tertiary/aromatic N) is 1. The Bertz CT molecular complexity index is 1380. The Balaban J connectivity index is 1.82. The molecule has 0 radical (unpaired) electrons. The van der Waals surface area contributed by atoms with Crippen molar-refractivity contribution in [1.82, 2.24) is 14.9 Å². The van der Waals surface area contributed by atoms with Crippen LogP contribution in [0.1, 0.15) is 17.5 Å². The van der Waals surface area contributed by atoms with Gasteiger partial charge in [0.1, 0.15) is 17.2 Å². The van der Waals surface area contributed by atoms with Crippen molar-refractivity contribution in [1.29, 1.82) is 0 Å². The lowest BCUT2D eigenvalue weighted by molar-refractivity contribution is -0.200. The minimum atomic E-state index is -5.44. The third kappa shape index (κ3) is 3.76. The van der Waals surface area contributed by atoms with Gasteiger partial charge in [0.15, 0.2) is 0 Å². The predicted octanol–water partition coefficient (Wildman–Crippen LogP) is 2.12. The zero-order chi connectivity index (χ0) is 24.7. The molecular weight excluding hydrogens is 460 g/mol. The molecule has 0 saturated carbocycles. The third-order valence-electron chi connectivity index (χ3n) is 5.38. The number of alkyl halides is 3. The average Bonchev–Trinajstić information content (AvgIpc) is 3.07. The van der Waals surface area contributed by atoms with Crippen LogP contribution in [0.5, 0.6) is 0 Å². The van der Waals surface area contributed by atoms with Crippen LogP contribution in [-0.4, -0.2) is 27.5 Å². The van der Waals surface area contributed by atoms with Crippen molar-refractivity contribution >= 4 is 17.6 Å². The van der Waals surface area contributed by atoms with E-state index in [0.717, 1.165) is 24.3 Å². The van der Waals surface area contributed by atoms with Gasteiger partial charge in [0, 0.05) is 6.42 Å². The maximum Gasteiger partial charge on any atom is 0.425 e. The van der Waals surface area contributed by atoms with Crippen LogP contribution in [-0.2, 0) is 21.5 Å². The molecule has 0 aliphatic carbocycles. The lowest BCUT2D eigenvalue weighted by Gasteiger charge is -2.30. The molecule has 34 heavy (non-hydrogen) atoms. The molecule has 12 heteroatoms. The lowest BCUT2D eigenvalue weighted by Crippen LogP contribution is -2.62. The molecule has 8 nitrogen and oxygen atoms in total. The first-order valence-corrected chi connectivity index (χ1v) is 9.93. The van der Waals surface area contributed by atoms with Crippen LogP contribution in [0.2, 0.25) is 0 Å². The first-order chi connectivity index (χ1) is 16.0. The van der Waals surface area contributed by atoms with Crippen LogP contribution < -0.4 is 21.9 Å². The number of fused-ring (bicyclic) bond motifs is 1. The highest BCUT2D eigenvalue weighted by Gasteiger charge is 2.68. The molecule has 1 atom stereocenters. The number of aryl methyl sites for hydroxylation is 1. The van der Waals surface area contributed by atoms with Gasteiger partial charge in [0.05, 0.1) is 5.69 Å². The standard InChI is InChI=1S/C22H16F4N4O4/c23-13-7-9-14(10-8-13)30-17-16(18(32)28-20(30)34)21(19(33)27-17,22(24,25)26)29-15(31)11-6-12-4-2-1-3-5-12/h1-5,7-10H,6,11H2,(H,27,33)(H,29,31)(H,28,32,34)/t21-/m1/s1. The number of aromatic amines is 1. The van der Waals surface area contributed by atoms with Gasteiger partial charge in [0.2, 0.25) is 11.4 Å². The van der Waals surface area contributed by atoms with E-state index in [4.69, 9.17) is 0 Å². The van der Waals surface area contributed by atoms with Crippen molar-refractivity contribution in [2.45, 2.75) is 24.6 Å². The second-order valence-corrected chi connectivity index (χ2v) is 7.53. The molecule has 1 aliphatic rings. The first-order valence-electron chi connectivity index (χ1n) is 9.93. The van der Waals surface area contributed by atoms with E-state index in [2.05, 4.69) is 0 Å². The molecule has 2 aromatic carbocycles. The second-order valence-electron chi connectivity index (χ2n) is 7.53. The predicted molar refractivity (Wildman–Crippen MR) is 112 cm³/mol.